The van der Waals surface area contributed by atoms with Crippen LogP contribution in [0.5, 0.6) is 17.2 Å². The van der Waals surface area contributed by atoms with Crippen molar-refractivity contribution in [2.75, 3.05) is 0 Å². The maximum Gasteiger partial charge on any atom is 0.166 e. The lowest BCUT2D eigenvalue weighted by atomic mass is 9.83. The number of nitrogens with zero attached hydrogens (tertiary/aromatic N) is 1. The molecule has 0 radical (unpaired) electrons. The Balaban J connectivity index is 2.19. The zero-order valence-electron chi connectivity index (χ0n) is 16.2. The molecule has 3 N–H and O–H groups in total. The maximum absolute atomic E-state index is 12.6. The van der Waals surface area contributed by atoms with E-state index in [0.29, 0.717) is 17.7 Å². The van der Waals surface area contributed by atoms with Crippen molar-refractivity contribution >= 4 is 17.7 Å². The largest absolute Gasteiger partial charge is 0.508 e. The molecule has 2 aromatic rings. The number of aromatic hydroxyl groups is 3. The Labute approximate surface area is 160 Å². The molecule has 1 atom stereocenters. The molecule has 0 aliphatic rings. The number of phenols is 3. The van der Waals surface area contributed by atoms with Crippen LogP contribution >= 0.6 is 0 Å². The smallest absolute Gasteiger partial charge is 0.166 e. The number of Topliss-reactive ketones (excluding diaryl/α,β-unsaturated/α-hetero) is 1. The van der Waals surface area contributed by atoms with E-state index in [1.54, 1.807) is 6.07 Å². The summed E-state index contributed by atoms with van der Waals surface area (Å²) in [6.45, 7) is 8.44. The zero-order valence-corrected chi connectivity index (χ0v) is 16.2. The summed E-state index contributed by atoms with van der Waals surface area (Å²) >= 11 is 0. The Morgan fingerprint density at radius 1 is 1.07 bits per heavy atom. The summed E-state index contributed by atoms with van der Waals surface area (Å²) in [5.41, 5.74) is 1.21. The van der Waals surface area contributed by atoms with Gasteiger partial charge >= 0.3 is 0 Å². The van der Waals surface area contributed by atoms with E-state index in [2.05, 4.69) is 25.8 Å². The van der Waals surface area contributed by atoms with E-state index in [-0.39, 0.29) is 39.9 Å². The van der Waals surface area contributed by atoms with E-state index >= 15 is 0 Å². The molecule has 1 unspecified atom stereocenters. The van der Waals surface area contributed by atoms with E-state index in [0.717, 1.165) is 6.42 Å². The van der Waals surface area contributed by atoms with E-state index in [9.17, 15) is 20.1 Å². The van der Waals surface area contributed by atoms with Crippen LogP contribution < -0.4 is 0 Å². The topological polar surface area (TPSA) is 90.1 Å². The van der Waals surface area contributed by atoms with E-state index in [1.165, 1.54) is 36.5 Å². The Kier molecular flexibility index (Phi) is 6.26. The summed E-state index contributed by atoms with van der Waals surface area (Å²) in [7, 11) is 0. The minimum Gasteiger partial charge on any atom is -0.508 e. The third-order valence-corrected chi connectivity index (χ3v) is 4.14. The number of aliphatic imine (C=N–C) groups is 1. The monoisotopic (exact) mass is 369 g/mol. The predicted molar refractivity (Wildman–Crippen MR) is 107 cm³/mol. The molecule has 0 saturated carbocycles. The number of hydrogen-bond donors (Lipinski definition) is 3. The lowest BCUT2D eigenvalue weighted by Crippen LogP contribution is -2.14. The molecule has 0 bridgehead atoms. The SMILES string of the molecule is CC(CC(=O)c1cc(N=Cc2cc(O)ccc2O)ccc1O)CC(C)(C)C. The molecule has 0 spiro atoms. The van der Waals surface area contributed by atoms with Gasteiger partial charge in [-0.15, -0.1) is 0 Å². The van der Waals surface area contributed by atoms with Crippen LogP contribution in [0.4, 0.5) is 5.69 Å². The molecule has 0 fully saturated rings. The van der Waals surface area contributed by atoms with Crippen molar-refractivity contribution in [3.8, 4) is 17.2 Å². The van der Waals surface area contributed by atoms with Crippen LogP contribution in [-0.2, 0) is 0 Å². The van der Waals surface area contributed by atoms with Crippen LogP contribution in [0.1, 0.15) is 56.5 Å². The standard InChI is InChI=1S/C22H27NO4/c1-14(12-22(2,3)4)9-21(27)18-11-16(5-7-20(18)26)23-13-15-10-17(24)6-8-19(15)25/h5-8,10-11,13-14,24-26H,9,12H2,1-4H3. The Morgan fingerprint density at radius 2 is 1.74 bits per heavy atom. The molecule has 0 aliphatic heterocycles. The van der Waals surface area contributed by atoms with Gasteiger partial charge in [0, 0.05) is 18.2 Å². The first kappa shape index (κ1) is 20.5. The highest BCUT2D eigenvalue weighted by Gasteiger charge is 2.20. The summed E-state index contributed by atoms with van der Waals surface area (Å²) in [4.78, 5) is 16.8. The Hall–Kier alpha value is -2.82. The lowest BCUT2D eigenvalue weighted by molar-refractivity contribution is 0.0951. The lowest BCUT2D eigenvalue weighted by Gasteiger charge is -2.22. The average molecular weight is 369 g/mol. The van der Waals surface area contributed by atoms with Crippen molar-refractivity contribution in [3.63, 3.8) is 0 Å². The van der Waals surface area contributed by atoms with Crippen LogP contribution in [0, 0.1) is 11.3 Å². The third-order valence-electron chi connectivity index (χ3n) is 4.14. The van der Waals surface area contributed by atoms with Crippen molar-refractivity contribution in [2.45, 2.75) is 40.5 Å². The van der Waals surface area contributed by atoms with E-state index < -0.39 is 0 Å². The van der Waals surface area contributed by atoms with Gasteiger partial charge in [-0.3, -0.25) is 9.79 Å². The highest BCUT2D eigenvalue weighted by molar-refractivity contribution is 5.99. The van der Waals surface area contributed by atoms with Gasteiger partial charge in [0.15, 0.2) is 5.78 Å². The van der Waals surface area contributed by atoms with Gasteiger partial charge in [-0.2, -0.15) is 0 Å². The molecular weight excluding hydrogens is 342 g/mol. The molecule has 0 saturated heterocycles. The Morgan fingerprint density at radius 3 is 2.41 bits per heavy atom. The van der Waals surface area contributed by atoms with Crippen molar-refractivity contribution in [2.24, 2.45) is 16.3 Å². The van der Waals surface area contributed by atoms with Gasteiger partial charge in [0.25, 0.3) is 0 Å². The fourth-order valence-electron chi connectivity index (χ4n) is 3.16. The van der Waals surface area contributed by atoms with Crippen LogP contribution in [0.2, 0.25) is 0 Å². The van der Waals surface area contributed by atoms with Crippen LogP contribution in [0.15, 0.2) is 41.4 Å². The fraction of sp³-hybridized carbons (Fsp3) is 0.364. The van der Waals surface area contributed by atoms with Crippen molar-refractivity contribution < 1.29 is 20.1 Å². The number of hydrogen-bond acceptors (Lipinski definition) is 5. The van der Waals surface area contributed by atoms with Gasteiger partial charge in [0.2, 0.25) is 0 Å². The Bertz CT molecular complexity index is 850. The summed E-state index contributed by atoms with van der Waals surface area (Å²) in [6, 6.07) is 8.71. The predicted octanol–water partition coefficient (Wildman–Crippen LogP) is 5.20. The summed E-state index contributed by atoms with van der Waals surface area (Å²) in [5, 5.41) is 29.4. The molecule has 0 amide bonds. The quantitative estimate of drug-likeness (QED) is 0.371. The number of benzene rings is 2. The summed E-state index contributed by atoms with van der Waals surface area (Å²) in [5.74, 6) is 0.0169. The maximum atomic E-state index is 12.6. The minimum atomic E-state index is -0.124. The number of carbonyl (C=O) groups is 1. The third kappa shape index (κ3) is 6.13. The number of ketones is 1. The normalized spacial score (nSPS) is 13.0. The minimum absolute atomic E-state index is 0.0115. The molecule has 0 aliphatic carbocycles. The van der Waals surface area contributed by atoms with E-state index in [4.69, 9.17) is 0 Å². The first-order valence-corrected chi connectivity index (χ1v) is 8.97. The molecular formula is C22H27NO4. The second kappa shape index (κ2) is 8.25. The van der Waals surface area contributed by atoms with Gasteiger partial charge in [0.05, 0.1) is 11.3 Å². The van der Waals surface area contributed by atoms with Crippen molar-refractivity contribution in [3.05, 3.63) is 47.5 Å². The van der Waals surface area contributed by atoms with Crippen molar-refractivity contribution in [1.82, 2.24) is 0 Å². The zero-order chi connectivity index (χ0) is 20.2. The number of rotatable bonds is 6. The molecule has 144 valence electrons. The first-order valence-electron chi connectivity index (χ1n) is 8.97. The molecule has 0 aromatic heterocycles. The molecule has 2 aromatic carbocycles. The van der Waals surface area contributed by atoms with Crippen LogP contribution in [0.3, 0.4) is 0 Å². The van der Waals surface area contributed by atoms with Gasteiger partial charge in [-0.25, -0.2) is 0 Å². The second-order valence-corrected chi connectivity index (χ2v) is 8.20. The van der Waals surface area contributed by atoms with Crippen LogP contribution in [-0.4, -0.2) is 27.3 Å². The summed E-state index contributed by atoms with van der Waals surface area (Å²) < 4.78 is 0. The summed E-state index contributed by atoms with van der Waals surface area (Å²) in [6.07, 6.45) is 2.66. The molecule has 5 heteroatoms. The van der Waals surface area contributed by atoms with Gasteiger partial charge in [-0.05, 0) is 54.2 Å². The van der Waals surface area contributed by atoms with Gasteiger partial charge in [-0.1, -0.05) is 27.7 Å². The van der Waals surface area contributed by atoms with Crippen LogP contribution in [0.25, 0.3) is 0 Å². The number of carbonyl (C=O) groups excluding carboxylic acids is 1. The van der Waals surface area contributed by atoms with Gasteiger partial charge < -0.3 is 15.3 Å². The average Bonchev–Trinajstić information content (AvgIpc) is 2.55. The van der Waals surface area contributed by atoms with E-state index in [1.807, 2.05) is 6.92 Å². The van der Waals surface area contributed by atoms with Crippen molar-refractivity contribution in [1.29, 1.82) is 0 Å². The fourth-order valence-corrected chi connectivity index (χ4v) is 3.16. The first-order chi connectivity index (χ1) is 12.5. The molecule has 0 heterocycles. The highest BCUT2D eigenvalue weighted by Crippen LogP contribution is 2.30. The molecule has 27 heavy (non-hydrogen) atoms. The highest BCUT2D eigenvalue weighted by atomic mass is 16.3. The molecule has 5 nitrogen and oxygen atoms in total. The van der Waals surface area contributed by atoms with Gasteiger partial charge in [0.1, 0.15) is 17.2 Å². The second-order valence-electron chi connectivity index (χ2n) is 8.20. The molecule has 2 rings (SSSR count). The number of phenolic OH excluding ortho intramolecular Hbond substituents is 3.